The van der Waals surface area contributed by atoms with Gasteiger partial charge in [-0.2, -0.15) is 0 Å². The highest BCUT2D eigenvalue weighted by Gasteiger charge is 2.36. The largest absolute Gasteiger partial charge is 0.480 e. The number of carbonyl (C=O) groups excluding carboxylic acids is 1. The zero-order valence-electron chi connectivity index (χ0n) is 12.0. The van der Waals surface area contributed by atoms with Gasteiger partial charge in [-0.25, -0.2) is 9.18 Å². The molecule has 0 fully saturated rings. The lowest BCUT2D eigenvalue weighted by Gasteiger charge is -2.33. The van der Waals surface area contributed by atoms with Crippen molar-refractivity contribution in [2.45, 2.75) is 26.1 Å². The number of carboxylic acids is 1. The molecule has 7 nitrogen and oxygen atoms in total. The van der Waals surface area contributed by atoms with Crippen molar-refractivity contribution in [1.29, 1.82) is 0 Å². The third kappa shape index (κ3) is 2.72. The lowest BCUT2D eigenvalue weighted by molar-refractivity contribution is -0.143. The van der Waals surface area contributed by atoms with E-state index in [-0.39, 0.29) is 23.1 Å². The number of carboxylic acid groups (broad SMARTS) is 1. The van der Waals surface area contributed by atoms with Gasteiger partial charge in [-0.15, -0.1) is 10.2 Å². The van der Waals surface area contributed by atoms with Crippen LogP contribution in [0.15, 0.2) is 22.7 Å². The molecule has 0 aliphatic carbocycles. The zero-order valence-corrected chi connectivity index (χ0v) is 13.6. The van der Waals surface area contributed by atoms with Crippen LogP contribution in [0.1, 0.15) is 22.0 Å². The molecule has 1 unspecified atom stereocenters. The number of benzene rings is 1. The Morgan fingerprint density at radius 2 is 2.13 bits per heavy atom. The summed E-state index contributed by atoms with van der Waals surface area (Å²) in [7, 11) is 0. The normalized spacial score (nSPS) is 17.0. The highest BCUT2D eigenvalue weighted by Crippen LogP contribution is 2.23. The Balaban J connectivity index is 1.97. The lowest BCUT2D eigenvalue weighted by Crippen LogP contribution is -2.50. The summed E-state index contributed by atoms with van der Waals surface area (Å²) in [6.45, 7) is 1.79. The third-order valence-corrected chi connectivity index (χ3v) is 4.41. The first-order chi connectivity index (χ1) is 10.9. The van der Waals surface area contributed by atoms with Gasteiger partial charge in [0.15, 0.2) is 5.82 Å². The van der Waals surface area contributed by atoms with E-state index in [9.17, 15) is 19.1 Å². The van der Waals surface area contributed by atoms with Crippen LogP contribution in [-0.2, 0) is 17.9 Å². The predicted octanol–water partition coefficient (Wildman–Crippen LogP) is 1.60. The summed E-state index contributed by atoms with van der Waals surface area (Å²) in [5.74, 6) is -1.18. The van der Waals surface area contributed by atoms with Crippen LogP contribution >= 0.6 is 15.9 Å². The predicted molar refractivity (Wildman–Crippen MR) is 80.2 cm³/mol. The first-order valence-corrected chi connectivity index (χ1v) is 7.55. The van der Waals surface area contributed by atoms with E-state index >= 15 is 0 Å². The van der Waals surface area contributed by atoms with Crippen LogP contribution in [0, 0.1) is 12.7 Å². The maximum atomic E-state index is 13.6. The Labute approximate surface area is 138 Å². The summed E-state index contributed by atoms with van der Waals surface area (Å²) in [5.41, 5.74) is 0.0848. The average molecular weight is 383 g/mol. The Kier molecular flexibility index (Phi) is 3.88. The number of aryl methyl sites for hydroxylation is 1. The Hall–Kier alpha value is -2.29. The van der Waals surface area contributed by atoms with Crippen molar-refractivity contribution in [3.63, 3.8) is 0 Å². The second-order valence-electron chi connectivity index (χ2n) is 5.19. The molecule has 0 radical (unpaired) electrons. The molecule has 1 atom stereocenters. The molecule has 1 amide bonds. The van der Waals surface area contributed by atoms with E-state index in [1.807, 2.05) is 0 Å². The molecule has 0 spiro atoms. The number of rotatable bonds is 2. The number of amides is 1. The first kappa shape index (κ1) is 15.6. The van der Waals surface area contributed by atoms with E-state index in [4.69, 9.17) is 0 Å². The van der Waals surface area contributed by atoms with Crippen LogP contribution in [0.3, 0.4) is 0 Å². The number of halogens is 2. The van der Waals surface area contributed by atoms with Crippen LogP contribution in [-0.4, -0.2) is 42.7 Å². The third-order valence-electron chi connectivity index (χ3n) is 3.77. The Bertz CT molecular complexity index is 807. The van der Waals surface area contributed by atoms with E-state index in [0.29, 0.717) is 11.6 Å². The molecule has 1 aliphatic heterocycles. The summed E-state index contributed by atoms with van der Waals surface area (Å²) in [6, 6.07) is 2.88. The summed E-state index contributed by atoms with van der Waals surface area (Å²) in [6.07, 6.45) is 0. The van der Waals surface area contributed by atoms with Crippen molar-refractivity contribution >= 4 is 27.8 Å². The van der Waals surface area contributed by atoms with Crippen molar-refractivity contribution in [2.24, 2.45) is 0 Å². The van der Waals surface area contributed by atoms with Crippen molar-refractivity contribution in [3.8, 4) is 0 Å². The molecule has 23 heavy (non-hydrogen) atoms. The van der Waals surface area contributed by atoms with Crippen molar-refractivity contribution in [1.82, 2.24) is 19.7 Å². The fourth-order valence-corrected chi connectivity index (χ4v) is 2.78. The van der Waals surface area contributed by atoms with Gasteiger partial charge >= 0.3 is 5.97 Å². The van der Waals surface area contributed by atoms with Gasteiger partial charge < -0.3 is 14.6 Å². The molecule has 1 aromatic heterocycles. The summed E-state index contributed by atoms with van der Waals surface area (Å²) in [4.78, 5) is 25.3. The van der Waals surface area contributed by atoms with Gasteiger partial charge in [0.1, 0.15) is 17.7 Å². The van der Waals surface area contributed by atoms with Crippen LogP contribution < -0.4 is 0 Å². The number of aliphatic carboxylic acids is 1. The summed E-state index contributed by atoms with van der Waals surface area (Å²) >= 11 is 3.02. The quantitative estimate of drug-likeness (QED) is 0.851. The molecule has 1 aliphatic rings. The lowest BCUT2D eigenvalue weighted by atomic mass is 10.1. The van der Waals surface area contributed by atoms with Gasteiger partial charge in [-0.05, 0) is 41.1 Å². The highest BCUT2D eigenvalue weighted by molar-refractivity contribution is 9.10. The van der Waals surface area contributed by atoms with Gasteiger partial charge in [0, 0.05) is 5.56 Å². The number of hydrogen-bond acceptors (Lipinski definition) is 4. The molecule has 2 heterocycles. The first-order valence-electron chi connectivity index (χ1n) is 6.76. The average Bonchev–Trinajstić information content (AvgIpc) is 2.88. The second-order valence-corrected chi connectivity index (χ2v) is 6.04. The van der Waals surface area contributed by atoms with Crippen LogP contribution in [0.5, 0.6) is 0 Å². The molecule has 0 saturated heterocycles. The number of hydrogen-bond donors (Lipinski definition) is 1. The number of aromatic nitrogens is 3. The summed E-state index contributed by atoms with van der Waals surface area (Å²) in [5, 5.41) is 17.3. The molecule has 2 aromatic rings. The maximum Gasteiger partial charge on any atom is 0.328 e. The molecule has 1 N–H and O–H groups in total. The van der Waals surface area contributed by atoms with Crippen molar-refractivity contribution in [2.75, 3.05) is 0 Å². The minimum atomic E-state index is -1.13. The number of carbonyl (C=O) groups is 2. The fraction of sp³-hybridized carbons (Fsp3) is 0.286. The molecule has 9 heteroatoms. The SMILES string of the molecule is Cc1nnc2n1CC(C(=O)O)N(C(=O)c1ccc(Br)c(F)c1)C2. The van der Waals surface area contributed by atoms with Crippen LogP contribution in [0.25, 0.3) is 0 Å². The summed E-state index contributed by atoms with van der Waals surface area (Å²) < 4.78 is 15.5. The molecular formula is C14H12BrFN4O3. The maximum absolute atomic E-state index is 13.6. The van der Waals surface area contributed by atoms with Gasteiger partial charge in [0.2, 0.25) is 0 Å². The van der Waals surface area contributed by atoms with E-state index in [1.54, 1.807) is 11.5 Å². The minimum Gasteiger partial charge on any atom is -0.480 e. The molecule has 120 valence electrons. The van der Waals surface area contributed by atoms with Gasteiger partial charge in [0.25, 0.3) is 5.91 Å². The number of nitrogens with zero attached hydrogens (tertiary/aromatic N) is 4. The van der Waals surface area contributed by atoms with Crippen molar-refractivity contribution in [3.05, 3.63) is 45.7 Å². The smallest absolute Gasteiger partial charge is 0.328 e. The zero-order chi connectivity index (χ0) is 16.7. The van der Waals surface area contributed by atoms with Gasteiger partial charge in [-0.3, -0.25) is 4.79 Å². The van der Waals surface area contributed by atoms with E-state index in [2.05, 4.69) is 26.1 Å². The minimum absolute atomic E-state index is 0.00826. The Morgan fingerprint density at radius 1 is 1.39 bits per heavy atom. The topological polar surface area (TPSA) is 88.3 Å². The van der Waals surface area contributed by atoms with Gasteiger partial charge in [0.05, 0.1) is 17.6 Å². The number of fused-ring (bicyclic) bond motifs is 1. The molecule has 0 saturated carbocycles. The van der Waals surface area contributed by atoms with E-state index < -0.39 is 23.7 Å². The fourth-order valence-electron chi connectivity index (χ4n) is 2.53. The van der Waals surface area contributed by atoms with E-state index in [0.717, 1.165) is 6.07 Å². The van der Waals surface area contributed by atoms with Crippen LogP contribution in [0.4, 0.5) is 4.39 Å². The molecule has 3 rings (SSSR count). The molecular weight excluding hydrogens is 371 g/mol. The Morgan fingerprint density at radius 3 is 2.78 bits per heavy atom. The van der Waals surface area contributed by atoms with Gasteiger partial charge in [-0.1, -0.05) is 0 Å². The standard InChI is InChI=1S/C14H12BrFN4O3/c1-7-17-18-12-6-20(11(14(22)23)5-19(7)12)13(21)8-2-3-9(15)10(16)4-8/h2-4,11H,5-6H2,1H3,(H,22,23). The van der Waals surface area contributed by atoms with Crippen LogP contribution in [0.2, 0.25) is 0 Å². The molecule has 1 aromatic carbocycles. The molecule has 0 bridgehead atoms. The van der Waals surface area contributed by atoms with E-state index in [1.165, 1.54) is 17.0 Å². The van der Waals surface area contributed by atoms with Crippen molar-refractivity contribution < 1.29 is 19.1 Å². The monoisotopic (exact) mass is 382 g/mol. The second kappa shape index (κ2) is 5.73. The highest BCUT2D eigenvalue weighted by atomic mass is 79.9.